The zero-order chi connectivity index (χ0) is 15.8. The predicted octanol–water partition coefficient (Wildman–Crippen LogP) is 4.49. The third-order valence-corrected chi connectivity index (χ3v) is 2.66. The Morgan fingerprint density at radius 2 is 1.95 bits per heavy atom. The molecule has 0 fully saturated rings. The molecule has 1 amide bonds. The third-order valence-electron chi connectivity index (χ3n) is 2.48. The molecule has 7 heteroatoms. The summed E-state index contributed by atoms with van der Waals surface area (Å²) < 4.78 is 10.2. The van der Waals surface area contributed by atoms with Crippen molar-refractivity contribution in [3.05, 3.63) is 65.0 Å². The Hall–Kier alpha value is -2.24. The average molecular weight is 339 g/mol. The van der Waals surface area contributed by atoms with Crippen molar-refractivity contribution in [2.45, 2.75) is 6.61 Å². The maximum Gasteiger partial charge on any atom is 0.412 e. The standard InChI is InChI=1S/C15H12Cl2N2O3/c16-13(17)10-21-14-12(7-4-8-18-14)19-15(20)22-9-11-5-2-1-3-6-11/h1-8,10H,9H2,(H,19,20). The van der Waals surface area contributed by atoms with Crippen LogP contribution < -0.4 is 10.1 Å². The van der Waals surface area contributed by atoms with Crippen molar-refractivity contribution in [3.63, 3.8) is 0 Å². The molecule has 0 saturated heterocycles. The number of nitrogens with one attached hydrogen (secondary N) is 1. The fraction of sp³-hybridized carbons (Fsp3) is 0.0667. The topological polar surface area (TPSA) is 60.5 Å². The van der Waals surface area contributed by atoms with Crippen molar-refractivity contribution in [1.82, 2.24) is 4.98 Å². The number of pyridine rings is 1. The number of benzene rings is 1. The van der Waals surface area contributed by atoms with Gasteiger partial charge in [-0.1, -0.05) is 53.5 Å². The van der Waals surface area contributed by atoms with Gasteiger partial charge >= 0.3 is 6.09 Å². The van der Waals surface area contributed by atoms with Crippen molar-refractivity contribution in [1.29, 1.82) is 0 Å². The summed E-state index contributed by atoms with van der Waals surface area (Å²) in [5, 5.41) is 2.54. The summed E-state index contributed by atoms with van der Waals surface area (Å²) in [7, 11) is 0. The highest BCUT2D eigenvalue weighted by Crippen LogP contribution is 2.22. The fourth-order valence-corrected chi connectivity index (χ4v) is 1.64. The van der Waals surface area contributed by atoms with E-state index < -0.39 is 6.09 Å². The van der Waals surface area contributed by atoms with Gasteiger partial charge in [0.25, 0.3) is 0 Å². The van der Waals surface area contributed by atoms with Crippen LogP contribution in [0.2, 0.25) is 0 Å². The maximum absolute atomic E-state index is 11.8. The smallest absolute Gasteiger partial charge is 0.412 e. The van der Waals surface area contributed by atoms with Crippen LogP contribution in [0, 0.1) is 0 Å². The first-order chi connectivity index (χ1) is 10.6. The van der Waals surface area contributed by atoms with Gasteiger partial charge in [0, 0.05) is 6.20 Å². The molecular formula is C15H12Cl2N2O3. The fourth-order valence-electron chi connectivity index (χ4n) is 1.55. The second-order valence-electron chi connectivity index (χ2n) is 4.07. The SMILES string of the molecule is O=C(Nc1cccnc1OC=C(Cl)Cl)OCc1ccccc1. The highest BCUT2D eigenvalue weighted by molar-refractivity contribution is 6.55. The molecule has 5 nitrogen and oxygen atoms in total. The minimum Gasteiger partial charge on any atom is -0.444 e. The normalized spacial score (nSPS) is 9.73. The molecule has 0 spiro atoms. The molecule has 0 bridgehead atoms. The predicted molar refractivity (Wildman–Crippen MR) is 84.9 cm³/mol. The summed E-state index contributed by atoms with van der Waals surface area (Å²) >= 11 is 10.9. The van der Waals surface area contributed by atoms with Crippen LogP contribution in [0.1, 0.15) is 5.56 Å². The summed E-state index contributed by atoms with van der Waals surface area (Å²) in [5.74, 6) is 0.151. The molecule has 0 aliphatic rings. The van der Waals surface area contributed by atoms with E-state index >= 15 is 0 Å². The lowest BCUT2D eigenvalue weighted by Crippen LogP contribution is -2.14. The number of anilines is 1. The van der Waals surface area contributed by atoms with E-state index in [1.165, 1.54) is 6.20 Å². The largest absolute Gasteiger partial charge is 0.444 e. The summed E-state index contributed by atoms with van der Waals surface area (Å²) in [6, 6.07) is 12.6. The van der Waals surface area contributed by atoms with Crippen LogP contribution in [0.15, 0.2) is 59.4 Å². The van der Waals surface area contributed by atoms with E-state index in [4.69, 9.17) is 32.7 Å². The Kier molecular flexibility index (Phi) is 6.06. The molecule has 0 unspecified atom stereocenters. The number of carbonyl (C=O) groups excluding carboxylic acids is 1. The van der Waals surface area contributed by atoms with Crippen LogP contribution in [-0.4, -0.2) is 11.1 Å². The van der Waals surface area contributed by atoms with Gasteiger partial charge in [-0.15, -0.1) is 0 Å². The van der Waals surface area contributed by atoms with Crippen LogP contribution in [0.5, 0.6) is 5.88 Å². The first kappa shape index (κ1) is 16.1. The van der Waals surface area contributed by atoms with Gasteiger partial charge in [0.1, 0.15) is 23.0 Å². The lowest BCUT2D eigenvalue weighted by atomic mass is 10.2. The van der Waals surface area contributed by atoms with Gasteiger partial charge in [-0.3, -0.25) is 5.32 Å². The molecule has 0 aliphatic carbocycles. The summed E-state index contributed by atoms with van der Waals surface area (Å²) in [5.41, 5.74) is 1.23. The first-order valence-corrected chi connectivity index (χ1v) is 7.01. The summed E-state index contributed by atoms with van der Waals surface area (Å²) in [6.07, 6.45) is 1.99. The molecular weight excluding hydrogens is 327 g/mol. The molecule has 0 radical (unpaired) electrons. The molecule has 1 aromatic carbocycles. The monoisotopic (exact) mass is 338 g/mol. The molecule has 1 aromatic heterocycles. The Bertz CT molecular complexity index is 659. The second kappa shape index (κ2) is 8.26. The number of hydrogen-bond donors (Lipinski definition) is 1. The number of aromatic nitrogens is 1. The van der Waals surface area contributed by atoms with E-state index in [0.29, 0.717) is 5.69 Å². The molecule has 0 aliphatic heterocycles. The first-order valence-electron chi connectivity index (χ1n) is 6.25. The molecule has 0 saturated carbocycles. The number of hydrogen-bond acceptors (Lipinski definition) is 4. The van der Waals surface area contributed by atoms with E-state index in [9.17, 15) is 4.79 Å². The lowest BCUT2D eigenvalue weighted by Gasteiger charge is -2.09. The zero-order valence-electron chi connectivity index (χ0n) is 11.3. The van der Waals surface area contributed by atoms with E-state index in [2.05, 4.69) is 10.3 Å². The quantitative estimate of drug-likeness (QED) is 0.816. The Labute approximate surface area is 137 Å². The number of rotatable bonds is 5. The van der Waals surface area contributed by atoms with E-state index in [0.717, 1.165) is 11.8 Å². The van der Waals surface area contributed by atoms with E-state index in [1.807, 2.05) is 30.3 Å². The zero-order valence-corrected chi connectivity index (χ0v) is 12.8. The molecule has 22 heavy (non-hydrogen) atoms. The number of amides is 1. The van der Waals surface area contributed by atoms with Crippen LogP contribution in [0.3, 0.4) is 0 Å². The minimum absolute atomic E-state index is 0.0664. The van der Waals surface area contributed by atoms with Gasteiger partial charge in [-0.25, -0.2) is 9.78 Å². The van der Waals surface area contributed by atoms with Crippen LogP contribution >= 0.6 is 23.2 Å². The van der Waals surface area contributed by atoms with E-state index in [1.54, 1.807) is 12.1 Å². The molecule has 0 atom stereocenters. The van der Waals surface area contributed by atoms with Crippen molar-refractivity contribution in [3.8, 4) is 5.88 Å². The van der Waals surface area contributed by atoms with Gasteiger partial charge in [0.15, 0.2) is 0 Å². The Morgan fingerprint density at radius 1 is 1.18 bits per heavy atom. The summed E-state index contributed by atoms with van der Waals surface area (Å²) in [6.45, 7) is 0.163. The highest BCUT2D eigenvalue weighted by atomic mass is 35.5. The molecule has 2 aromatic rings. The summed E-state index contributed by atoms with van der Waals surface area (Å²) in [4.78, 5) is 15.8. The van der Waals surface area contributed by atoms with Crippen molar-refractivity contribution >= 4 is 35.0 Å². The number of carbonyl (C=O) groups is 1. The van der Waals surface area contributed by atoms with E-state index in [-0.39, 0.29) is 17.0 Å². The van der Waals surface area contributed by atoms with Crippen molar-refractivity contribution < 1.29 is 14.3 Å². The Morgan fingerprint density at radius 3 is 2.68 bits per heavy atom. The minimum atomic E-state index is -0.623. The average Bonchev–Trinajstić information content (AvgIpc) is 2.53. The van der Waals surface area contributed by atoms with Gasteiger partial charge in [0.05, 0.1) is 0 Å². The molecule has 1 N–H and O–H groups in total. The number of nitrogens with zero attached hydrogens (tertiary/aromatic N) is 1. The number of halogens is 2. The van der Waals surface area contributed by atoms with Gasteiger partial charge in [0.2, 0.25) is 5.88 Å². The van der Waals surface area contributed by atoms with Crippen LogP contribution in [0.25, 0.3) is 0 Å². The van der Waals surface area contributed by atoms with Gasteiger partial charge in [-0.05, 0) is 17.7 Å². The number of ether oxygens (including phenoxy) is 2. The third kappa shape index (κ3) is 5.27. The van der Waals surface area contributed by atoms with Gasteiger partial charge < -0.3 is 9.47 Å². The highest BCUT2D eigenvalue weighted by Gasteiger charge is 2.09. The van der Waals surface area contributed by atoms with Crippen molar-refractivity contribution in [2.75, 3.05) is 5.32 Å². The molecule has 1 heterocycles. The lowest BCUT2D eigenvalue weighted by molar-refractivity contribution is 0.155. The Balaban J connectivity index is 1.95. The molecule has 114 valence electrons. The maximum atomic E-state index is 11.8. The van der Waals surface area contributed by atoms with Crippen molar-refractivity contribution in [2.24, 2.45) is 0 Å². The second-order valence-corrected chi connectivity index (χ2v) is 5.08. The molecule has 2 rings (SSSR count). The van der Waals surface area contributed by atoms with Gasteiger partial charge in [-0.2, -0.15) is 0 Å². The van der Waals surface area contributed by atoms with Crippen LogP contribution in [0.4, 0.5) is 10.5 Å². The van der Waals surface area contributed by atoms with Crippen LogP contribution in [-0.2, 0) is 11.3 Å².